The standard InChI is InChI=1S/C24H27N3O4/c1-3-4-12-30-20-10-8-18(9-11-20)24-25-23(26-31-24)19-14-22(28)27(16-19)15-17-6-5-7-21(13-17)29-2/h5-11,13,19H,3-4,12,14-16H2,1-2H3. The van der Waals surface area contributed by atoms with Crippen LogP contribution in [-0.2, 0) is 11.3 Å². The molecule has 0 spiro atoms. The van der Waals surface area contributed by atoms with Gasteiger partial charge in [-0.1, -0.05) is 30.6 Å². The molecule has 0 aliphatic carbocycles. The van der Waals surface area contributed by atoms with Crippen LogP contribution in [0.4, 0.5) is 0 Å². The van der Waals surface area contributed by atoms with Crippen molar-refractivity contribution < 1.29 is 18.8 Å². The number of nitrogens with zero attached hydrogens (tertiary/aromatic N) is 3. The van der Waals surface area contributed by atoms with Crippen LogP contribution < -0.4 is 9.47 Å². The molecule has 0 bridgehead atoms. The Morgan fingerprint density at radius 3 is 2.77 bits per heavy atom. The second-order valence-corrected chi connectivity index (χ2v) is 7.71. The third-order valence-electron chi connectivity index (χ3n) is 5.40. The number of amides is 1. The fourth-order valence-electron chi connectivity index (χ4n) is 3.64. The van der Waals surface area contributed by atoms with E-state index in [1.807, 2.05) is 53.4 Å². The highest BCUT2D eigenvalue weighted by Gasteiger charge is 2.33. The summed E-state index contributed by atoms with van der Waals surface area (Å²) >= 11 is 0. The van der Waals surface area contributed by atoms with Gasteiger partial charge in [-0.15, -0.1) is 0 Å². The molecule has 7 heteroatoms. The minimum atomic E-state index is -0.0766. The Hall–Kier alpha value is -3.35. The topological polar surface area (TPSA) is 77.7 Å². The third kappa shape index (κ3) is 5.05. The number of rotatable bonds is 9. The van der Waals surface area contributed by atoms with Gasteiger partial charge in [-0.2, -0.15) is 4.98 Å². The largest absolute Gasteiger partial charge is 0.497 e. The smallest absolute Gasteiger partial charge is 0.257 e. The van der Waals surface area contributed by atoms with Crippen LogP contribution >= 0.6 is 0 Å². The van der Waals surface area contributed by atoms with Gasteiger partial charge in [-0.25, -0.2) is 0 Å². The number of methoxy groups -OCH3 is 1. The maximum Gasteiger partial charge on any atom is 0.257 e. The molecule has 31 heavy (non-hydrogen) atoms. The van der Waals surface area contributed by atoms with Crippen molar-refractivity contribution >= 4 is 5.91 Å². The van der Waals surface area contributed by atoms with Crippen LogP contribution in [0.1, 0.15) is 43.5 Å². The van der Waals surface area contributed by atoms with E-state index in [2.05, 4.69) is 17.1 Å². The lowest BCUT2D eigenvalue weighted by Crippen LogP contribution is -2.24. The molecule has 1 saturated heterocycles. The molecule has 1 amide bonds. The van der Waals surface area contributed by atoms with Crippen molar-refractivity contribution in [3.05, 3.63) is 59.9 Å². The fraction of sp³-hybridized carbons (Fsp3) is 0.375. The van der Waals surface area contributed by atoms with E-state index in [-0.39, 0.29) is 11.8 Å². The first-order chi connectivity index (χ1) is 15.2. The second kappa shape index (κ2) is 9.64. The van der Waals surface area contributed by atoms with Crippen molar-refractivity contribution in [2.75, 3.05) is 20.3 Å². The molecule has 1 aliphatic rings. The summed E-state index contributed by atoms with van der Waals surface area (Å²) in [6.45, 7) is 3.95. The maximum absolute atomic E-state index is 12.5. The van der Waals surface area contributed by atoms with Crippen LogP contribution in [-0.4, -0.2) is 41.2 Å². The van der Waals surface area contributed by atoms with Crippen LogP contribution in [0.15, 0.2) is 53.1 Å². The van der Waals surface area contributed by atoms with Gasteiger partial charge in [-0.05, 0) is 48.4 Å². The summed E-state index contributed by atoms with van der Waals surface area (Å²) in [6.07, 6.45) is 2.51. The minimum Gasteiger partial charge on any atom is -0.497 e. The number of hydrogen-bond donors (Lipinski definition) is 0. The normalized spacial score (nSPS) is 16.0. The Bertz CT molecular complexity index is 1020. The Balaban J connectivity index is 1.39. The monoisotopic (exact) mass is 421 g/mol. The molecule has 1 fully saturated rings. The molecule has 1 atom stereocenters. The summed E-state index contributed by atoms with van der Waals surface area (Å²) in [5.41, 5.74) is 1.86. The first-order valence-corrected chi connectivity index (χ1v) is 10.6. The molecule has 7 nitrogen and oxygen atoms in total. The number of aromatic nitrogens is 2. The lowest BCUT2D eigenvalue weighted by Gasteiger charge is -2.16. The summed E-state index contributed by atoms with van der Waals surface area (Å²) in [5.74, 6) is 2.64. The van der Waals surface area contributed by atoms with Gasteiger partial charge < -0.3 is 18.9 Å². The van der Waals surface area contributed by atoms with E-state index >= 15 is 0 Å². The summed E-state index contributed by atoms with van der Waals surface area (Å²) in [5, 5.41) is 4.14. The first kappa shape index (κ1) is 20.9. The minimum absolute atomic E-state index is 0.0766. The molecule has 0 saturated carbocycles. The summed E-state index contributed by atoms with van der Waals surface area (Å²) < 4.78 is 16.4. The van der Waals surface area contributed by atoms with Gasteiger partial charge >= 0.3 is 0 Å². The van der Waals surface area contributed by atoms with Crippen LogP contribution in [0.3, 0.4) is 0 Å². The second-order valence-electron chi connectivity index (χ2n) is 7.71. The van der Waals surface area contributed by atoms with Gasteiger partial charge in [0.25, 0.3) is 5.89 Å². The number of ether oxygens (including phenoxy) is 2. The zero-order valence-corrected chi connectivity index (χ0v) is 17.9. The van der Waals surface area contributed by atoms with E-state index in [1.54, 1.807) is 7.11 Å². The molecule has 162 valence electrons. The van der Waals surface area contributed by atoms with Crippen LogP contribution in [0.2, 0.25) is 0 Å². The van der Waals surface area contributed by atoms with Gasteiger partial charge in [0, 0.05) is 31.0 Å². The summed E-state index contributed by atoms with van der Waals surface area (Å²) in [4.78, 5) is 18.9. The van der Waals surface area contributed by atoms with Gasteiger partial charge in [0.15, 0.2) is 5.82 Å². The van der Waals surface area contributed by atoms with Gasteiger partial charge in [0.1, 0.15) is 11.5 Å². The molecule has 3 aromatic rings. The number of hydrogen-bond acceptors (Lipinski definition) is 6. The van der Waals surface area contributed by atoms with Crippen LogP contribution in [0.5, 0.6) is 11.5 Å². The molecule has 1 unspecified atom stereocenters. The molecule has 0 radical (unpaired) electrons. The zero-order chi connectivity index (χ0) is 21.6. The Labute approximate surface area is 182 Å². The van der Waals surface area contributed by atoms with Crippen molar-refractivity contribution in [3.8, 4) is 23.0 Å². The van der Waals surface area contributed by atoms with Gasteiger partial charge in [0.05, 0.1) is 13.7 Å². The Kier molecular flexibility index (Phi) is 6.50. The highest BCUT2D eigenvalue weighted by molar-refractivity contribution is 5.79. The molecule has 2 aromatic carbocycles. The number of benzene rings is 2. The van der Waals surface area contributed by atoms with Crippen molar-refractivity contribution in [2.24, 2.45) is 0 Å². The Morgan fingerprint density at radius 1 is 1.16 bits per heavy atom. The molecular weight excluding hydrogens is 394 g/mol. The number of unbranched alkanes of at least 4 members (excludes halogenated alkanes) is 1. The van der Waals surface area contributed by atoms with E-state index < -0.39 is 0 Å². The highest BCUT2D eigenvalue weighted by atomic mass is 16.5. The summed E-state index contributed by atoms with van der Waals surface area (Å²) in [6, 6.07) is 15.4. The molecule has 1 aliphatic heterocycles. The van der Waals surface area contributed by atoms with Gasteiger partial charge in [0.2, 0.25) is 5.91 Å². The van der Waals surface area contributed by atoms with E-state index in [0.29, 0.717) is 37.8 Å². The molecule has 2 heterocycles. The lowest BCUT2D eigenvalue weighted by atomic mass is 10.1. The van der Waals surface area contributed by atoms with Crippen LogP contribution in [0.25, 0.3) is 11.5 Å². The van der Waals surface area contributed by atoms with Crippen molar-refractivity contribution in [2.45, 2.75) is 38.6 Å². The predicted octanol–water partition coefficient (Wildman–Crippen LogP) is 4.44. The Morgan fingerprint density at radius 2 is 2.00 bits per heavy atom. The molecule has 0 N–H and O–H groups in total. The predicted molar refractivity (Wildman–Crippen MR) is 116 cm³/mol. The van der Waals surface area contributed by atoms with Crippen molar-refractivity contribution in [3.63, 3.8) is 0 Å². The SMILES string of the molecule is CCCCOc1ccc(-c2nc(C3CC(=O)N(Cc4cccc(OC)c4)C3)no2)cc1. The quantitative estimate of drug-likeness (QED) is 0.475. The lowest BCUT2D eigenvalue weighted by molar-refractivity contribution is -0.128. The first-order valence-electron chi connectivity index (χ1n) is 10.6. The molecule has 1 aromatic heterocycles. The highest BCUT2D eigenvalue weighted by Crippen LogP contribution is 2.30. The molecular formula is C24H27N3O4. The van der Waals surface area contributed by atoms with E-state index in [4.69, 9.17) is 14.0 Å². The third-order valence-corrected chi connectivity index (χ3v) is 5.40. The number of carbonyl (C=O) groups is 1. The zero-order valence-electron chi connectivity index (χ0n) is 17.9. The van der Waals surface area contributed by atoms with E-state index in [1.165, 1.54) is 0 Å². The molecule has 4 rings (SSSR count). The van der Waals surface area contributed by atoms with Crippen LogP contribution in [0, 0.1) is 0 Å². The van der Waals surface area contributed by atoms with Gasteiger partial charge in [-0.3, -0.25) is 4.79 Å². The summed E-state index contributed by atoms with van der Waals surface area (Å²) in [7, 11) is 1.64. The average molecular weight is 421 g/mol. The fourth-order valence-corrected chi connectivity index (χ4v) is 3.64. The average Bonchev–Trinajstić information content (AvgIpc) is 3.42. The van der Waals surface area contributed by atoms with E-state index in [9.17, 15) is 4.79 Å². The van der Waals surface area contributed by atoms with E-state index in [0.717, 1.165) is 35.5 Å². The van der Waals surface area contributed by atoms with Crippen molar-refractivity contribution in [1.29, 1.82) is 0 Å². The number of carbonyl (C=O) groups excluding carboxylic acids is 1. The van der Waals surface area contributed by atoms with Crippen molar-refractivity contribution in [1.82, 2.24) is 15.0 Å². The maximum atomic E-state index is 12.5. The number of likely N-dealkylation sites (tertiary alicyclic amines) is 1.